The zero-order valence-corrected chi connectivity index (χ0v) is 11.0. The first kappa shape index (κ1) is 13.0. The summed E-state index contributed by atoms with van der Waals surface area (Å²) in [7, 11) is 0. The number of ether oxygens (including phenoxy) is 2. The topological polar surface area (TPSA) is 30.5 Å². The lowest BCUT2D eigenvalue weighted by Gasteiger charge is -2.23. The second kappa shape index (κ2) is 6.44. The number of benzene rings is 1. The maximum Gasteiger partial charge on any atom is 0.129 e. The van der Waals surface area contributed by atoms with Gasteiger partial charge in [0.2, 0.25) is 0 Å². The van der Waals surface area contributed by atoms with Gasteiger partial charge in [-0.1, -0.05) is 22.0 Å². The third-order valence-electron chi connectivity index (χ3n) is 2.58. The lowest BCUT2D eigenvalue weighted by Crippen LogP contribution is -2.40. The summed E-state index contributed by atoms with van der Waals surface area (Å²) in [6.45, 7) is 3.16. The van der Waals surface area contributed by atoms with Crippen LogP contribution >= 0.6 is 15.9 Å². The Morgan fingerprint density at radius 2 is 2.41 bits per heavy atom. The number of halogens is 2. The van der Waals surface area contributed by atoms with E-state index in [0.717, 1.165) is 17.6 Å². The number of morpholine rings is 1. The van der Waals surface area contributed by atoms with Crippen molar-refractivity contribution in [3.8, 4) is 0 Å². The molecule has 0 amide bonds. The molecule has 2 rings (SSSR count). The predicted molar refractivity (Wildman–Crippen MR) is 66.4 cm³/mol. The first-order valence-electron chi connectivity index (χ1n) is 5.59. The molecule has 0 bridgehead atoms. The van der Waals surface area contributed by atoms with Crippen molar-refractivity contribution in [2.75, 3.05) is 26.3 Å². The zero-order valence-electron chi connectivity index (χ0n) is 9.42. The lowest BCUT2D eigenvalue weighted by molar-refractivity contribution is -0.0361. The van der Waals surface area contributed by atoms with Crippen molar-refractivity contribution in [3.63, 3.8) is 0 Å². The highest BCUT2D eigenvalue weighted by Crippen LogP contribution is 2.16. The second-order valence-corrected chi connectivity index (χ2v) is 4.86. The highest BCUT2D eigenvalue weighted by molar-refractivity contribution is 9.10. The van der Waals surface area contributed by atoms with E-state index in [1.165, 1.54) is 6.07 Å². The third-order valence-corrected chi connectivity index (χ3v) is 3.07. The van der Waals surface area contributed by atoms with Gasteiger partial charge in [0, 0.05) is 23.1 Å². The molecule has 1 aromatic carbocycles. The highest BCUT2D eigenvalue weighted by atomic mass is 79.9. The van der Waals surface area contributed by atoms with Gasteiger partial charge in [0.25, 0.3) is 0 Å². The van der Waals surface area contributed by atoms with Crippen LogP contribution in [0.4, 0.5) is 4.39 Å². The maximum atomic E-state index is 13.5. The Balaban J connectivity index is 1.77. The van der Waals surface area contributed by atoms with E-state index in [1.807, 2.05) is 0 Å². The third kappa shape index (κ3) is 4.03. The van der Waals surface area contributed by atoms with Gasteiger partial charge in [0.15, 0.2) is 0 Å². The summed E-state index contributed by atoms with van der Waals surface area (Å²) in [6, 6.07) is 4.97. The molecule has 0 spiro atoms. The molecule has 5 heteroatoms. The molecule has 3 nitrogen and oxygen atoms in total. The summed E-state index contributed by atoms with van der Waals surface area (Å²) in [5.74, 6) is -0.248. The van der Waals surface area contributed by atoms with E-state index >= 15 is 0 Å². The Bertz CT molecular complexity index is 370. The Labute approximate surface area is 108 Å². The Hall–Kier alpha value is -0.490. The van der Waals surface area contributed by atoms with Crippen molar-refractivity contribution in [2.45, 2.75) is 12.7 Å². The fourth-order valence-electron chi connectivity index (χ4n) is 1.67. The van der Waals surface area contributed by atoms with Crippen LogP contribution in [0, 0.1) is 5.82 Å². The van der Waals surface area contributed by atoms with Gasteiger partial charge in [-0.05, 0) is 12.1 Å². The number of rotatable bonds is 4. The number of hydrogen-bond acceptors (Lipinski definition) is 3. The van der Waals surface area contributed by atoms with Gasteiger partial charge in [-0.15, -0.1) is 0 Å². The van der Waals surface area contributed by atoms with Crippen LogP contribution in [0.25, 0.3) is 0 Å². The van der Waals surface area contributed by atoms with Crippen LogP contribution < -0.4 is 5.32 Å². The Morgan fingerprint density at radius 3 is 3.12 bits per heavy atom. The minimum absolute atomic E-state index is 0.0715. The lowest BCUT2D eigenvalue weighted by atomic mass is 10.2. The molecule has 0 saturated carbocycles. The monoisotopic (exact) mass is 303 g/mol. The van der Waals surface area contributed by atoms with Crippen LogP contribution in [0.2, 0.25) is 0 Å². The van der Waals surface area contributed by atoms with E-state index in [-0.39, 0.29) is 18.5 Å². The molecular weight excluding hydrogens is 289 g/mol. The summed E-state index contributed by atoms with van der Waals surface area (Å²) in [4.78, 5) is 0. The van der Waals surface area contributed by atoms with Gasteiger partial charge < -0.3 is 14.8 Å². The second-order valence-electron chi connectivity index (χ2n) is 3.95. The number of hydrogen-bond donors (Lipinski definition) is 1. The molecule has 1 heterocycles. The zero-order chi connectivity index (χ0) is 12.1. The maximum absolute atomic E-state index is 13.5. The summed E-state index contributed by atoms with van der Waals surface area (Å²) >= 11 is 3.22. The predicted octanol–water partition coefficient (Wildman–Crippen LogP) is 2.09. The van der Waals surface area contributed by atoms with Gasteiger partial charge in [0.05, 0.1) is 25.9 Å². The smallest absolute Gasteiger partial charge is 0.129 e. The molecule has 1 unspecified atom stereocenters. The minimum Gasteiger partial charge on any atom is -0.374 e. The molecule has 1 saturated heterocycles. The minimum atomic E-state index is -0.248. The van der Waals surface area contributed by atoms with E-state index < -0.39 is 0 Å². The molecule has 0 radical (unpaired) electrons. The van der Waals surface area contributed by atoms with E-state index in [0.29, 0.717) is 18.8 Å². The molecule has 1 atom stereocenters. The van der Waals surface area contributed by atoms with Crippen LogP contribution in [0.15, 0.2) is 22.7 Å². The standard InChI is InChI=1S/C12H15BrFNO2/c13-10-2-1-9(12(14)5-10)7-16-8-11-6-15-3-4-17-11/h1-2,5,11,15H,3-4,6-8H2. The molecule has 0 aromatic heterocycles. The normalized spacial score (nSPS) is 20.5. The largest absolute Gasteiger partial charge is 0.374 e. The van der Waals surface area contributed by atoms with Crippen molar-refractivity contribution in [1.82, 2.24) is 5.32 Å². The Morgan fingerprint density at radius 1 is 1.53 bits per heavy atom. The van der Waals surface area contributed by atoms with Crippen LogP contribution in [-0.4, -0.2) is 32.4 Å². The first-order chi connectivity index (χ1) is 8.25. The molecule has 1 aromatic rings. The molecule has 1 N–H and O–H groups in total. The summed E-state index contributed by atoms with van der Waals surface area (Å²) < 4.78 is 25.1. The first-order valence-corrected chi connectivity index (χ1v) is 6.39. The molecule has 17 heavy (non-hydrogen) atoms. The van der Waals surface area contributed by atoms with Gasteiger partial charge in [0.1, 0.15) is 5.82 Å². The summed E-state index contributed by atoms with van der Waals surface area (Å²) in [5.41, 5.74) is 0.567. The fraction of sp³-hybridized carbons (Fsp3) is 0.500. The van der Waals surface area contributed by atoms with Crippen molar-refractivity contribution >= 4 is 15.9 Å². The molecular formula is C12H15BrFNO2. The van der Waals surface area contributed by atoms with Crippen LogP contribution in [0.1, 0.15) is 5.56 Å². The molecule has 1 fully saturated rings. The molecule has 94 valence electrons. The molecule has 1 aliphatic rings. The Kier molecular flexibility index (Phi) is 4.91. The van der Waals surface area contributed by atoms with Crippen molar-refractivity contribution < 1.29 is 13.9 Å². The average molecular weight is 304 g/mol. The van der Waals surface area contributed by atoms with Crippen LogP contribution in [-0.2, 0) is 16.1 Å². The fourth-order valence-corrected chi connectivity index (χ4v) is 2.00. The van der Waals surface area contributed by atoms with Gasteiger partial charge in [-0.2, -0.15) is 0 Å². The average Bonchev–Trinajstić information content (AvgIpc) is 2.33. The van der Waals surface area contributed by atoms with Crippen molar-refractivity contribution in [2.24, 2.45) is 0 Å². The van der Waals surface area contributed by atoms with Crippen molar-refractivity contribution in [1.29, 1.82) is 0 Å². The quantitative estimate of drug-likeness (QED) is 0.924. The van der Waals surface area contributed by atoms with Gasteiger partial charge in [-0.25, -0.2) is 4.39 Å². The summed E-state index contributed by atoms with van der Waals surface area (Å²) in [6.07, 6.45) is 0.0715. The van der Waals surface area contributed by atoms with E-state index in [1.54, 1.807) is 12.1 Å². The van der Waals surface area contributed by atoms with Crippen LogP contribution in [0.5, 0.6) is 0 Å². The molecule has 1 aliphatic heterocycles. The van der Waals surface area contributed by atoms with Crippen LogP contribution in [0.3, 0.4) is 0 Å². The van der Waals surface area contributed by atoms with Gasteiger partial charge >= 0.3 is 0 Å². The van der Waals surface area contributed by atoms with Gasteiger partial charge in [-0.3, -0.25) is 0 Å². The number of nitrogens with one attached hydrogen (secondary N) is 1. The molecule has 0 aliphatic carbocycles. The summed E-state index contributed by atoms with van der Waals surface area (Å²) in [5, 5.41) is 3.22. The SMILES string of the molecule is Fc1cc(Br)ccc1COCC1CNCCO1. The van der Waals surface area contributed by atoms with E-state index in [2.05, 4.69) is 21.2 Å². The van der Waals surface area contributed by atoms with E-state index in [9.17, 15) is 4.39 Å². The van der Waals surface area contributed by atoms with E-state index in [4.69, 9.17) is 9.47 Å². The van der Waals surface area contributed by atoms with Crippen molar-refractivity contribution in [3.05, 3.63) is 34.1 Å². The highest BCUT2D eigenvalue weighted by Gasteiger charge is 2.13.